The van der Waals surface area contributed by atoms with Gasteiger partial charge in [0, 0.05) is 43.4 Å². The zero-order chi connectivity index (χ0) is 21.7. The number of likely N-dealkylation sites (tertiary alicyclic amines) is 1. The van der Waals surface area contributed by atoms with Crippen molar-refractivity contribution in [2.75, 3.05) is 20.2 Å². The third-order valence-corrected chi connectivity index (χ3v) is 6.56. The average Bonchev–Trinajstić information content (AvgIpc) is 3.11. The number of rotatable bonds is 3. The van der Waals surface area contributed by atoms with Gasteiger partial charge in [-0.2, -0.15) is 0 Å². The first-order valence-corrected chi connectivity index (χ1v) is 10.7. The number of carbonyl (C=O) groups is 2. The molecule has 30 heavy (non-hydrogen) atoms. The maximum absolute atomic E-state index is 13.0. The molecule has 1 fully saturated rings. The van der Waals surface area contributed by atoms with Crippen LogP contribution in [0.1, 0.15) is 60.2 Å². The van der Waals surface area contributed by atoms with Crippen molar-refractivity contribution >= 4 is 23.3 Å². The van der Waals surface area contributed by atoms with Crippen LogP contribution < -0.4 is 10.1 Å². The molecule has 1 N–H and O–H groups in total. The molecule has 1 spiro atoms. The highest BCUT2D eigenvalue weighted by molar-refractivity contribution is 6.32. The summed E-state index contributed by atoms with van der Waals surface area (Å²) in [6.07, 6.45) is 1.57. The highest BCUT2D eigenvalue weighted by Crippen LogP contribution is 2.40. The summed E-state index contributed by atoms with van der Waals surface area (Å²) in [4.78, 5) is 27.0. The van der Waals surface area contributed by atoms with Crippen LogP contribution >= 0.6 is 11.6 Å². The van der Waals surface area contributed by atoms with Crippen molar-refractivity contribution in [3.8, 4) is 5.75 Å². The van der Waals surface area contributed by atoms with Crippen LogP contribution in [0.5, 0.6) is 5.75 Å². The second-order valence-corrected chi connectivity index (χ2v) is 9.39. The number of ether oxygens (including phenoxy) is 1. The summed E-state index contributed by atoms with van der Waals surface area (Å²) in [5, 5.41) is 4.26. The molecule has 0 bridgehead atoms. The van der Waals surface area contributed by atoms with Gasteiger partial charge < -0.3 is 14.2 Å². The maximum atomic E-state index is 13.0. The first-order chi connectivity index (χ1) is 14.2. The van der Waals surface area contributed by atoms with E-state index in [9.17, 15) is 9.59 Å². The van der Waals surface area contributed by atoms with Crippen molar-refractivity contribution in [1.82, 2.24) is 14.8 Å². The topological polar surface area (TPSA) is 63.6 Å². The summed E-state index contributed by atoms with van der Waals surface area (Å²) >= 11 is 6.21. The molecular weight excluding hydrogens is 402 g/mol. The number of piperidine rings is 1. The van der Waals surface area contributed by atoms with E-state index >= 15 is 0 Å². The van der Waals surface area contributed by atoms with Crippen LogP contribution in [0.2, 0.25) is 5.02 Å². The lowest BCUT2D eigenvalue weighted by Gasteiger charge is -2.51. The minimum Gasteiger partial charge on any atom is -0.495 e. The standard InChI is InChI=1S/C23H28ClN3O3/c1-15(28)18-6-8-20-23(25-22(2,3)14-27(18)20)9-11-26(12-10-23)21(29)16-5-7-19(30-4)17(24)13-16/h5-8,13,25H,9-12,14H2,1-4H3. The minimum absolute atomic E-state index is 0.0238. The molecule has 0 radical (unpaired) electrons. The van der Waals surface area contributed by atoms with Gasteiger partial charge in [-0.25, -0.2) is 0 Å². The fourth-order valence-corrected chi connectivity index (χ4v) is 5.22. The highest BCUT2D eigenvalue weighted by atomic mass is 35.5. The Labute approximate surface area is 182 Å². The molecule has 7 heteroatoms. The molecule has 3 heterocycles. The lowest BCUT2D eigenvalue weighted by atomic mass is 9.79. The average molecular weight is 430 g/mol. The molecule has 1 aromatic carbocycles. The van der Waals surface area contributed by atoms with Crippen molar-refractivity contribution in [3.05, 3.63) is 52.3 Å². The number of ketones is 1. The Hall–Kier alpha value is -2.31. The van der Waals surface area contributed by atoms with Gasteiger partial charge in [0.1, 0.15) is 5.75 Å². The van der Waals surface area contributed by atoms with Gasteiger partial charge in [0.05, 0.1) is 23.4 Å². The van der Waals surface area contributed by atoms with Gasteiger partial charge in [0.25, 0.3) is 5.91 Å². The van der Waals surface area contributed by atoms with Gasteiger partial charge in [0.15, 0.2) is 5.78 Å². The first kappa shape index (κ1) is 20.9. The molecule has 6 nitrogen and oxygen atoms in total. The lowest BCUT2D eigenvalue weighted by molar-refractivity contribution is 0.0519. The lowest BCUT2D eigenvalue weighted by Crippen LogP contribution is -2.63. The predicted octanol–water partition coefficient (Wildman–Crippen LogP) is 3.87. The largest absolute Gasteiger partial charge is 0.495 e. The number of fused-ring (bicyclic) bond motifs is 2. The molecule has 2 aliphatic rings. The summed E-state index contributed by atoms with van der Waals surface area (Å²) in [7, 11) is 1.55. The fourth-order valence-electron chi connectivity index (χ4n) is 4.96. The molecule has 0 unspecified atom stereocenters. The second kappa shape index (κ2) is 7.43. The smallest absolute Gasteiger partial charge is 0.253 e. The van der Waals surface area contributed by atoms with E-state index in [4.69, 9.17) is 16.3 Å². The van der Waals surface area contributed by atoms with E-state index in [0.29, 0.717) is 29.4 Å². The van der Waals surface area contributed by atoms with Gasteiger partial charge in [-0.3, -0.25) is 14.9 Å². The number of halogens is 1. The molecule has 2 aromatic rings. The normalized spacial score (nSPS) is 19.4. The third-order valence-electron chi connectivity index (χ3n) is 6.27. The van der Waals surface area contributed by atoms with Crippen LogP contribution in [0.3, 0.4) is 0 Å². The zero-order valence-electron chi connectivity index (χ0n) is 17.9. The van der Waals surface area contributed by atoms with E-state index in [1.165, 1.54) is 0 Å². The molecule has 4 rings (SSSR count). The molecule has 2 aliphatic heterocycles. The number of nitrogens with one attached hydrogen (secondary N) is 1. The first-order valence-electron chi connectivity index (χ1n) is 10.3. The maximum Gasteiger partial charge on any atom is 0.253 e. The molecule has 0 saturated carbocycles. The van der Waals surface area contributed by atoms with Crippen LogP contribution in [0.4, 0.5) is 0 Å². The van der Waals surface area contributed by atoms with Crippen molar-refractivity contribution in [3.63, 3.8) is 0 Å². The quantitative estimate of drug-likeness (QED) is 0.752. The molecule has 0 aliphatic carbocycles. The number of Topliss-reactive ketones (excluding diaryl/α,β-unsaturated/α-hetero) is 1. The number of aromatic nitrogens is 1. The highest BCUT2D eigenvalue weighted by Gasteiger charge is 2.46. The van der Waals surface area contributed by atoms with Gasteiger partial charge in [-0.15, -0.1) is 0 Å². The summed E-state index contributed by atoms with van der Waals surface area (Å²) in [6, 6.07) is 9.14. The van der Waals surface area contributed by atoms with E-state index in [0.717, 1.165) is 30.8 Å². The second-order valence-electron chi connectivity index (χ2n) is 8.98. The van der Waals surface area contributed by atoms with Crippen LogP contribution in [-0.4, -0.2) is 46.9 Å². The number of nitrogens with zero attached hydrogens (tertiary/aromatic N) is 2. The fraction of sp³-hybridized carbons (Fsp3) is 0.478. The molecule has 0 atom stereocenters. The van der Waals surface area contributed by atoms with E-state index in [2.05, 4.69) is 29.8 Å². The van der Waals surface area contributed by atoms with Gasteiger partial charge in [0.2, 0.25) is 0 Å². The number of hydrogen-bond acceptors (Lipinski definition) is 4. The Morgan fingerprint density at radius 2 is 1.83 bits per heavy atom. The van der Waals surface area contributed by atoms with Crippen LogP contribution in [0.25, 0.3) is 0 Å². The Morgan fingerprint density at radius 1 is 1.13 bits per heavy atom. The monoisotopic (exact) mass is 429 g/mol. The summed E-state index contributed by atoms with van der Waals surface area (Å²) in [6.45, 7) is 7.96. The van der Waals surface area contributed by atoms with Crippen molar-refractivity contribution < 1.29 is 14.3 Å². The van der Waals surface area contributed by atoms with Crippen molar-refractivity contribution in [2.24, 2.45) is 0 Å². The van der Waals surface area contributed by atoms with E-state index in [1.807, 2.05) is 11.0 Å². The Morgan fingerprint density at radius 3 is 2.43 bits per heavy atom. The summed E-state index contributed by atoms with van der Waals surface area (Å²) in [5.74, 6) is 0.615. The van der Waals surface area contributed by atoms with Gasteiger partial charge >= 0.3 is 0 Å². The molecule has 1 saturated heterocycles. The molecule has 160 valence electrons. The molecule has 1 amide bonds. The summed E-state index contributed by atoms with van der Waals surface area (Å²) < 4.78 is 7.35. The van der Waals surface area contributed by atoms with Crippen LogP contribution in [0, 0.1) is 0 Å². The van der Waals surface area contributed by atoms with E-state index in [1.54, 1.807) is 32.2 Å². The Kier molecular flexibility index (Phi) is 5.19. The van der Waals surface area contributed by atoms with Crippen LogP contribution in [-0.2, 0) is 12.1 Å². The number of carbonyl (C=O) groups excluding carboxylic acids is 2. The van der Waals surface area contributed by atoms with E-state index < -0.39 is 0 Å². The number of methoxy groups -OCH3 is 1. The molecule has 1 aromatic heterocycles. The van der Waals surface area contributed by atoms with Crippen molar-refractivity contribution in [1.29, 1.82) is 0 Å². The number of amides is 1. The predicted molar refractivity (Wildman–Crippen MR) is 116 cm³/mol. The third kappa shape index (κ3) is 3.52. The van der Waals surface area contributed by atoms with Crippen LogP contribution in [0.15, 0.2) is 30.3 Å². The summed E-state index contributed by atoms with van der Waals surface area (Å²) in [5.41, 5.74) is 2.07. The zero-order valence-corrected chi connectivity index (χ0v) is 18.7. The Bertz CT molecular complexity index is 1000. The Balaban J connectivity index is 1.57. The minimum atomic E-state index is -0.246. The van der Waals surface area contributed by atoms with Gasteiger partial charge in [-0.05, 0) is 57.0 Å². The van der Waals surface area contributed by atoms with Crippen molar-refractivity contribution in [2.45, 2.75) is 51.2 Å². The number of benzene rings is 1. The SMILES string of the molecule is COc1ccc(C(=O)N2CCC3(CC2)NC(C)(C)Cn2c(C(C)=O)ccc23)cc1Cl. The number of hydrogen-bond donors (Lipinski definition) is 1. The van der Waals surface area contributed by atoms with E-state index in [-0.39, 0.29) is 22.8 Å². The van der Waals surface area contributed by atoms with Gasteiger partial charge in [-0.1, -0.05) is 11.6 Å². The molecular formula is C23H28ClN3O3.